The molecule has 1 fully saturated rings. The number of nitrogens with two attached hydrogens (primary N) is 1. The Labute approximate surface area is 90.3 Å². The van der Waals surface area contributed by atoms with Crippen LogP contribution in [0.2, 0.25) is 0 Å². The lowest BCUT2D eigenvalue weighted by molar-refractivity contribution is 0.109. The number of hydrogen-bond acceptors (Lipinski definition) is 2. The molecule has 0 spiro atoms. The van der Waals surface area contributed by atoms with Gasteiger partial charge in [0.25, 0.3) is 0 Å². The Hall–Kier alpha value is -0.340. The molecule has 1 nitrogen and oxygen atoms in total. The number of thiophene rings is 1. The molecular formula is C12H19NS. The molecule has 0 saturated heterocycles. The highest BCUT2D eigenvalue weighted by molar-refractivity contribution is 7.10. The molecule has 0 aliphatic heterocycles. The fourth-order valence-electron chi connectivity index (χ4n) is 2.46. The van der Waals surface area contributed by atoms with Crippen LogP contribution in [0.1, 0.15) is 31.6 Å². The molecule has 0 unspecified atom stereocenters. The fourth-order valence-corrected chi connectivity index (χ4v) is 3.43. The van der Waals surface area contributed by atoms with Crippen molar-refractivity contribution in [2.45, 2.75) is 32.1 Å². The summed E-state index contributed by atoms with van der Waals surface area (Å²) in [6, 6.07) is 4.38. The molecule has 1 aliphatic carbocycles. The highest BCUT2D eigenvalue weighted by Crippen LogP contribution is 2.51. The second-order valence-electron chi connectivity index (χ2n) is 4.87. The molecule has 0 aromatic carbocycles. The van der Waals surface area contributed by atoms with E-state index < -0.39 is 0 Å². The zero-order chi connectivity index (χ0) is 10.2. The van der Waals surface area contributed by atoms with Crippen LogP contribution in [-0.4, -0.2) is 6.54 Å². The molecule has 2 heteroatoms. The van der Waals surface area contributed by atoms with E-state index in [4.69, 9.17) is 5.73 Å². The lowest BCUT2D eigenvalue weighted by atomic mass is 9.58. The first-order valence-corrected chi connectivity index (χ1v) is 6.30. The molecule has 1 heterocycles. The van der Waals surface area contributed by atoms with E-state index >= 15 is 0 Å². The van der Waals surface area contributed by atoms with Gasteiger partial charge in [-0.1, -0.05) is 19.9 Å². The summed E-state index contributed by atoms with van der Waals surface area (Å²) in [4.78, 5) is 1.50. The molecule has 0 radical (unpaired) electrons. The summed E-state index contributed by atoms with van der Waals surface area (Å²) < 4.78 is 0. The van der Waals surface area contributed by atoms with Gasteiger partial charge in [-0.25, -0.2) is 0 Å². The van der Waals surface area contributed by atoms with E-state index in [1.165, 1.54) is 17.7 Å². The van der Waals surface area contributed by atoms with Crippen LogP contribution in [0.15, 0.2) is 17.5 Å². The Balaban J connectivity index is 2.09. The molecule has 1 aliphatic rings. The fraction of sp³-hybridized carbons (Fsp3) is 0.667. The third-order valence-electron chi connectivity index (χ3n) is 3.68. The Kier molecular flexibility index (Phi) is 2.67. The second-order valence-corrected chi connectivity index (χ2v) is 5.82. The number of hydrogen-bond donors (Lipinski definition) is 1. The Morgan fingerprint density at radius 3 is 2.71 bits per heavy atom. The van der Waals surface area contributed by atoms with Gasteiger partial charge >= 0.3 is 0 Å². The second kappa shape index (κ2) is 3.67. The van der Waals surface area contributed by atoms with Gasteiger partial charge in [-0.15, -0.1) is 11.3 Å². The standard InChI is InChI=1S/C12H19NS/c1-9(2)10-6-12(7-10,8-13)11-4-3-5-14-11/h3-5,9-10H,6-8,13H2,1-2H3. The Bertz CT molecular complexity index is 283. The molecule has 0 atom stereocenters. The summed E-state index contributed by atoms with van der Waals surface area (Å²) in [5, 5.41) is 2.16. The SMILES string of the molecule is CC(C)C1CC(CN)(c2cccs2)C1. The van der Waals surface area contributed by atoms with Gasteiger partial charge in [0.05, 0.1) is 0 Å². The minimum atomic E-state index is 0.336. The van der Waals surface area contributed by atoms with Gasteiger partial charge in [-0.2, -0.15) is 0 Å². The van der Waals surface area contributed by atoms with Crippen LogP contribution >= 0.6 is 11.3 Å². The summed E-state index contributed by atoms with van der Waals surface area (Å²) in [7, 11) is 0. The monoisotopic (exact) mass is 209 g/mol. The summed E-state index contributed by atoms with van der Waals surface area (Å²) in [6.45, 7) is 5.45. The van der Waals surface area contributed by atoms with E-state index in [-0.39, 0.29) is 0 Å². The van der Waals surface area contributed by atoms with Gasteiger partial charge in [-0.3, -0.25) is 0 Å². The van der Waals surface area contributed by atoms with Gasteiger partial charge in [0.1, 0.15) is 0 Å². The van der Waals surface area contributed by atoms with Crippen LogP contribution in [0.5, 0.6) is 0 Å². The molecule has 2 N–H and O–H groups in total. The van der Waals surface area contributed by atoms with Crippen molar-refractivity contribution in [1.82, 2.24) is 0 Å². The summed E-state index contributed by atoms with van der Waals surface area (Å²) in [6.07, 6.45) is 2.59. The van der Waals surface area contributed by atoms with Crippen LogP contribution in [0.3, 0.4) is 0 Å². The Morgan fingerprint density at radius 2 is 2.29 bits per heavy atom. The summed E-state index contributed by atoms with van der Waals surface area (Å²) >= 11 is 1.86. The third-order valence-corrected chi connectivity index (χ3v) is 4.80. The lowest BCUT2D eigenvalue weighted by Crippen LogP contribution is -2.48. The van der Waals surface area contributed by atoms with Crippen LogP contribution < -0.4 is 5.73 Å². The van der Waals surface area contributed by atoms with Crippen molar-refractivity contribution < 1.29 is 0 Å². The van der Waals surface area contributed by atoms with E-state index in [0.717, 1.165) is 18.4 Å². The minimum absolute atomic E-state index is 0.336. The maximum absolute atomic E-state index is 5.93. The smallest absolute Gasteiger partial charge is 0.0175 e. The average Bonchev–Trinajstić information content (AvgIpc) is 2.56. The van der Waals surface area contributed by atoms with E-state index in [0.29, 0.717) is 5.41 Å². The van der Waals surface area contributed by atoms with Gasteiger partial charge in [-0.05, 0) is 36.1 Å². The minimum Gasteiger partial charge on any atom is -0.330 e. The van der Waals surface area contributed by atoms with Gasteiger partial charge < -0.3 is 5.73 Å². The van der Waals surface area contributed by atoms with Crippen LogP contribution in [0.4, 0.5) is 0 Å². The highest BCUT2D eigenvalue weighted by atomic mass is 32.1. The topological polar surface area (TPSA) is 26.0 Å². The molecule has 1 aromatic heterocycles. The first kappa shape index (κ1) is 10.2. The van der Waals surface area contributed by atoms with Crippen LogP contribution in [-0.2, 0) is 5.41 Å². The largest absolute Gasteiger partial charge is 0.330 e. The molecule has 1 saturated carbocycles. The summed E-state index contributed by atoms with van der Waals surface area (Å²) in [5.41, 5.74) is 6.27. The van der Waals surface area contributed by atoms with Crippen molar-refractivity contribution in [2.75, 3.05) is 6.54 Å². The molecule has 0 bridgehead atoms. The lowest BCUT2D eigenvalue weighted by Gasteiger charge is -2.48. The zero-order valence-corrected chi connectivity index (χ0v) is 9.81. The van der Waals surface area contributed by atoms with Crippen molar-refractivity contribution in [2.24, 2.45) is 17.6 Å². The Morgan fingerprint density at radius 1 is 1.57 bits per heavy atom. The first-order valence-electron chi connectivity index (χ1n) is 5.42. The highest BCUT2D eigenvalue weighted by Gasteiger charge is 2.45. The molecular weight excluding hydrogens is 190 g/mol. The molecule has 14 heavy (non-hydrogen) atoms. The maximum atomic E-state index is 5.93. The van der Waals surface area contributed by atoms with Crippen LogP contribution in [0.25, 0.3) is 0 Å². The molecule has 0 amide bonds. The number of rotatable bonds is 3. The molecule has 1 aromatic rings. The normalized spacial score (nSPS) is 31.9. The summed E-state index contributed by atoms with van der Waals surface area (Å²) in [5.74, 6) is 1.70. The van der Waals surface area contributed by atoms with Crippen molar-refractivity contribution in [3.05, 3.63) is 22.4 Å². The van der Waals surface area contributed by atoms with E-state index in [9.17, 15) is 0 Å². The predicted octanol–water partition coefficient (Wildman–Crippen LogP) is 3.01. The zero-order valence-electron chi connectivity index (χ0n) is 8.99. The van der Waals surface area contributed by atoms with Crippen molar-refractivity contribution >= 4 is 11.3 Å². The molecule has 78 valence electrons. The van der Waals surface area contributed by atoms with Crippen LogP contribution in [0, 0.1) is 11.8 Å². The van der Waals surface area contributed by atoms with Gasteiger partial charge in [0.2, 0.25) is 0 Å². The van der Waals surface area contributed by atoms with Crippen molar-refractivity contribution in [3.63, 3.8) is 0 Å². The maximum Gasteiger partial charge on any atom is 0.0175 e. The third kappa shape index (κ3) is 1.51. The average molecular weight is 209 g/mol. The predicted molar refractivity (Wildman–Crippen MR) is 62.6 cm³/mol. The first-order chi connectivity index (χ1) is 6.68. The van der Waals surface area contributed by atoms with Gasteiger partial charge in [0.15, 0.2) is 0 Å². The van der Waals surface area contributed by atoms with Gasteiger partial charge in [0, 0.05) is 16.8 Å². The van der Waals surface area contributed by atoms with E-state index in [2.05, 4.69) is 31.4 Å². The van der Waals surface area contributed by atoms with E-state index in [1.54, 1.807) is 0 Å². The van der Waals surface area contributed by atoms with Crippen molar-refractivity contribution in [1.29, 1.82) is 0 Å². The van der Waals surface area contributed by atoms with E-state index in [1.807, 2.05) is 11.3 Å². The van der Waals surface area contributed by atoms with Crippen molar-refractivity contribution in [3.8, 4) is 0 Å². The molecule has 2 rings (SSSR count). The quantitative estimate of drug-likeness (QED) is 0.813.